The van der Waals surface area contributed by atoms with E-state index in [1.165, 1.54) is 6.92 Å². The second-order valence-electron chi connectivity index (χ2n) is 3.95. The Morgan fingerprint density at radius 2 is 1.60 bits per heavy atom. The summed E-state index contributed by atoms with van der Waals surface area (Å²) >= 11 is 0. The first-order chi connectivity index (χ1) is 6.97. The van der Waals surface area contributed by atoms with Crippen molar-refractivity contribution in [3.63, 3.8) is 0 Å². The van der Waals surface area contributed by atoms with Crippen molar-refractivity contribution in [1.82, 2.24) is 0 Å². The molecule has 0 saturated carbocycles. The predicted molar refractivity (Wildman–Crippen MR) is 50.1 cm³/mol. The number of aliphatic hydroxyl groups is 5. The van der Waals surface area contributed by atoms with Crippen molar-refractivity contribution in [3.05, 3.63) is 0 Å². The smallest absolute Gasteiger partial charge is 0.111 e. The summed E-state index contributed by atoms with van der Waals surface area (Å²) in [4.78, 5) is 0. The molecule has 6 nitrogen and oxygen atoms in total. The van der Waals surface area contributed by atoms with Crippen molar-refractivity contribution in [2.24, 2.45) is 0 Å². The van der Waals surface area contributed by atoms with Crippen molar-refractivity contribution in [2.45, 2.75) is 50.0 Å². The molecule has 0 bridgehead atoms. The molecule has 0 amide bonds. The fraction of sp³-hybridized carbons (Fsp3) is 1.00. The third-order valence-corrected chi connectivity index (χ3v) is 2.56. The van der Waals surface area contributed by atoms with Crippen molar-refractivity contribution in [3.8, 4) is 0 Å². The van der Waals surface area contributed by atoms with Crippen LogP contribution in [0.1, 0.15) is 13.3 Å². The van der Waals surface area contributed by atoms with E-state index in [1.807, 2.05) is 0 Å². The minimum absolute atomic E-state index is 0.140. The molecule has 1 aliphatic heterocycles. The third kappa shape index (κ3) is 2.87. The van der Waals surface area contributed by atoms with Crippen LogP contribution in [0.5, 0.6) is 0 Å². The maximum Gasteiger partial charge on any atom is 0.111 e. The van der Waals surface area contributed by atoms with E-state index >= 15 is 0 Å². The highest BCUT2D eigenvalue weighted by atomic mass is 16.5. The average molecular weight is 222 g/mol. The van der Waals surface area contributed by atoms with E-state index in [-0.39, 0.29) is 6.42 Å². The summed E-state index contributed by atoms with van der Waals surface area (Å²) in [5.41, 5.74) is 0. The van der Waals surface area contributed by atoms with Crippen molar-refractivity contribution < 1.29 is 30.3 Å². The van der Waals surface area contributed by atoms with Crippen LogP contribution in [0.25, 0.3) is 0 Å². The molecule has 0 aromatic rings. The summed E-state index contributed by atoms with van der Waals surface area (Å²) < 4.78 is 5.17. The molecule has 0 aromatic heterocycles. The predicted octanol–water partition coefficient (Wildman–Crippen LogP) is -2.40. The van der Waals surface area contributed by atoms with E-state index in [0.717, 1.165) is 0 Å². The zero-order valence-electron chi connectivity index (χ0n) is 8.52. The summed E-state index contributed by atoms with van der Waals surface area (Å²) in [5, 5.41) is 46.4. The van der Waals surface area contributed by atoms with Gasteiger partial charge in [0.2, 0.25) is 0 Å². The summed E-state index contributed by atoms with van der Waals surface area (Å²) in [5.74, 6) is 0. The zero-order valence-corrected chi connectivity index (χ0v) is 8.52. The van der Waals surface area contributed by atoms with E-state index in [0.29, 0.717) is 0 Å². The molecule has 1 saturated heterocycles. The van der Waals surface area contributed by atoms with Gasteiger partial charge in [-0.2, -0.15) is 0 Å². The molecule has 1 heterocycles. The van der Waals surface area contributed by atoms with Crippen LogP contribution in [0.4, 0.5) is 0 Å². The van der Waals surface area contributed by atoms with Crippen LogP contribution >= 0.6 is 0 Å². The quantitative estimate of drug-likeness (QED) is 0.364. The summed E-state index contributed by atoms with van der Waals surface area (Å²) in [6, 6.07) is 0. The lowest BCUT2D eigenvalue weighted by Crippen LogP contribution is -2.58. The Hall–Kier alpha value is -0.240. The lowest BCUT2D eigenvalue weighted by atomic mass is 9.92. The molecule has 1 rings (SSSR count). The Kier molecular flexibility index (Phi) is 4.45. The molecule has 6 heteroatoms. The van der Waals surface area contributed by atoms with Gasteiger partial charge in [0.15, 0.2) is 0 Å². The summed E-state index contributed by atoms with van der Waals surface area (Å²) in [7, 11) is 0. The van der Waals surface area contributed by atoms with Gasteiger partial charge in [-0.1, -0.05) is 0 Å². The lowest BCUT2D eigenvalue weighted by Gasteiger charge is -2.40. The van der Waals surface area contributed by atoms with Gasteiger partial charge in [0.05, 0.1) is 18.8 Å². The minimum Gasteiger partial charge on any atom is -0.394 e. The minimum atomic E-state index is -1.36. The Morgan fingerprint density at radius 3 is 2.07 bits per heavy atom. The normalized spacial score (nSPS) is 44.0. The van der Waals surface area contributed by atoms with Gasteiger partial charge in [0.1, 0.15) is 24.4 Å². The molecule has 0 radical (unpaired) electrons. The third-order valence-electron chi connectivity index (χ3n) is 2.56. The van der Waals surface area contributed by atoms with Gasteiger partial charge in [0, 0.05) is 6.42 Å². The molecular formula is C9H18O6. The molecule has 2 unspecified atom stereocenters. The first-order valence-electron chi connectivity index (χ1n) is 4.96. The molecule has 90 valence electrons. The molecular weight excluding hydrogens is 204 g/mol. The number of hydrogen-bond acceptors (Lipinski definition) is 6. The van der Waals surface area contributed by atoms with Crippen LogP contribution in [0.15, 0.2) is 0 Å². The fourth-order valence-electron chi connectivity index (χ4n) is 1.71. The van der Waals surface area contributed by atoms with Gasteiger partial charge >= 0.3 is 0 Å². The van der Waals surface area contributed by atoms with Crippen LogP contribution in [-0.2, 0) is 4.74 Å². The van der Waals surface area contributed by atoms with Crippen LogP contribution in [-0.4, -0.2) is 68.8 Å². The largest absolute Gasteiger partial charge is 0.394 e. The molecule has 1 aliphatic rings. The highest BCUT2D eigenvalue weighted by Gasteiger charge is 2.43. The standard InChI is InChI=1S/C9H18O6/c1-4(11)2-5-7(12)9(14)8(13)6(3-10)15-5/h4-14H,2-3H2,1H3/t4?,5?,6-,7+,8+,9-/m1/s1. The van der Waals surface area contributed by atoms with Gasteiger partial charge in [-0.05, 0) is 6.92 Å². The first kappa shape index (κ1) is 12.8. The maximum atomic E-state index is 9.54. The van der Waals surface area contributed by atoms with E-state index in [2.05, 4.69) is 0 Å². The van der Waals surface area contributed by atoms with Crippen molar-refractivity contribution in [1.29, 1.82) is 0 Å². The van der Waals surface area contributed by atoms with Gasteiger partial charge < -0.3 is 30.3 Å². The molecule has 6 atom stereocenters. The first-order valence-corrected chi connectivity index (χ1v) is 4.96. The van der Waals surface area contributed by atoms with Crippen LogP contribution < -0.4 is 0 Å². The topological polar surface area (TPSA) is 110 Å². The lowest BCUT2D eigenvalue weighted by molar-refractivity contribution is -0.233. The van der Waals surface area contributed by atoms with Crippen molar-refractivity contribution in [2.75, 3.05) is 6.61 Å². The Balaban J connectivity index is 2.65. The number of rotatable bonds is 3. The number of aliphatic hydroxyl groups excluding tert-OH is 5. The van der Waals surface area contributed by atoms with Gasteiger partial charge in [-0.25, -0.2) is 0 Å². The molecule has 0 aromatic carbocycles. The highest BCUT2D eigenvalue weighted by molar-refractivity contribution is 4.92. The van der Waals surface area contributed by atoms with Crippen LogP contribution in [0.2, 0.25) is 0 Å². The second kappa shape index (κ2) is 5.20. The molecule has 1 fully saturated rings. The highest BCUT2D eigenvalue weighted by Crippen LogP contribution is 2.23. The molecule has 0 spiro atoms. The van der Waals surface area contributed by atoms with E-state index in [1.54, 1.807) is 0 Å². The summed E-state index contributed by atoms with van der Waals surface area (Å²) in [6.45, 7) is 1.09. The average Bonchev–Trinajstić information content (AvgIpc) is 2.18. The van der Waals surface area contributed by atoms with Crippen molar-refractivity contribution >= 4 is 0 Å². The second-order valence-corrected chi connectivity index (χ2v) is 3.95. The maximum absolute atomic E-state index is 9.54. The van der Waals surface area contributed by atoms with E-state index < -0.39 is 43.2 Å². The zero-order chi connectivity index (χ0) is 11.6. The van der Waals surface area contributed by atoms with Crippen LogP contribution in [0, 0.1) is 0 Å². The van der Waals surface area contributed by atoms with Gasteiger partial charge in [-0.15, -0.1) is 0 Å². The molecule has 0 aliphatic carbocycles. The number of hydrogen-bond donors (Lipinski definition) is 5. The van der Waals surface area contributed by atoms with E-state index in [9.17, 15) is 15.3 Å². The number of ether oxygens (including phenoxy) is 1. The molecule has 5 N–H and O–H groups in total. The fourth-order valence-corrected chi connectivity index (χ4v) is 1.71. The summed E-state index contributed by atoms with van der Waals surface area (Å²) in [6.07, 6.45) is -6.17. The van der Waals surface area contributed by atoms with Gasteiger partial charge in [-0.3, -0.25) is 0 Å². The van der Waals surface area contributed by atoms with Crippen LogP contribution in [0.3, 0.4) is 0 Å². The van der Waals surface area contributed by atoms with Gasteiger partial charge in [0.25, 0.3) is 0 Å². The monoisotopic (exact) mass is 222 g/mol. The molecule has 15 heavy (non-hydrogen) atoms. The Bertz CT molecular complexity index is 195. The Morgan fingerprint density at radius 1 is 1.07 bits per heavy atom. The van der Waals surface area contributed by atoms with E-state index in [4.69, 9.17) is 14.9 Å². The SMILES string of the molecule is CC(O)CC1O[C@H](CO)[C@H](O)[C@H](O)[C@H]1O. The Labute approximate surface area is 87.7 Å².